The van der Waals surface area contributed by atoms with E-state index in [0.717, 1.165) is 16.7 Å². The summed E-state index contributed by atoms with van der Waals surface area (Å²) in [5, 5.41) is 11.0. The molecule has 33 heavy (non-hydrogen) atoms. The van der Waals surface area contributed by atoms with Gasteiger partial charge < -0.3 is 24.1 Å². The Bertz CT molecular complexity index is 915. The highest BCUT2D eigenvalue weighted by molar-refractivity contribution is 5.15. The third kappa shape index (κ3) is 8.83. The maximum absolute atomic E-state index is 11.0. The molecule has 3 aromatic rings. The van der Waals surface area contributed by atoms with E-state index in [9.17, 15) is 5.11 Å². The molecular formula is C28H32O5. The molecule has 0 unspecified atom stereocenters. The van der Waals surface area contributed by atoms with Crippen molar-refractivity contribution < 1.29 is 24.1 Å². The van der Waals surface area contributed by atoms with Crippen LogP contribution in [0.25, 0.3) is 0 Å². The number of hydrogen-bond donors (Lipinski definition) is 1. The molecule has 0 aliphatic carbocycles. The van der Waals surface area contributed by atoms with Crippen molar-refractivity contribution in [3.63, 3.8) is 0 Å². The van der Waals surface area contributed by atoms with Gasteiger partial charge in [-0.2, -0.15) is 0 Å². The van der Waals surface area contributed by atoms with Gasteiger partial charge in [0.1, 0.15) is 18.3 Å². The normalized spacial score (nSPS) is 14.1. The molecule has 0 aromatic heterocycles. The minimum Gasteiger partial charge on any atom is -0.505 e. The summed E-state index contributed by atoms with van der Waals surface area (Å²) in [6, 6.07) is 29.6. The van der Waals surface area contributed by atoms with Crippen LogP contribution in [0.2, 0.25) is 0 Å². The first-order chi connectivity index (χ1) is 16.3. The molecule has 0 heterocycles. The average Bonchev–Trinajstić information content (AvgIpc) is 2.87. The predicted octanol–water partition coefficient (Wildman–Crippen LogP) is 4.90. The number of aliphatic hydroxyl groups excluding tert-OH is 1. The standard InChI is InChI=1S/C28H32O5/c1-30-18-17-27(32-20-24-13-7-3-8-14-24)28(33-21-25-15-9-4-10-16-25)26(29)22-31-19-23-11-5-2-6-12-23/h2-18,26-29H,19-22H2,1H3/b18-17+/t26-,27+,28-/m1/s1. The number of methoxy groups -OCH3 is 1. The zero-order valence-electron chi connectivity index (χ0n) is 19.0. The minimum absolute atomic E-state index is 0.111. The summed E-state index contributed by atoms with van der Waals surface area (Å²) in [6.07, 6.45) is 1.21. The molecule has 0 aliphatic heterocycles. The van der Waals surface area contributed by atoms with E-state index >= 15 is 0 Å². The van der Waals surface area contributed by atoms with Crippen molar-refractivity contribution in [3.8, 4) is 0 Å². The van der Waals surface area contributed by atoms with Crippen molar-refractivity contribution in [1.82, 2.24) is 0 Å². The summed E-state index contributed by atoms with van der Waals surface area (Å²) in [5.74, 6) is 0. The fourth-order valence-electron chi connectivity index (χ4n) is 3.34. The predicted molar refractivity (Wildman–Crippen MR) is 128 cm³/mol. The van der Waals surface area contributed by atoms with Gasteiger partial charge in [-0.15, -0.1) is 0 Å². The van der Waals surface area contributed by atoms with Crippen molar-refractivity contribution in [2.24, 2.45) is 0 Å². The van der Waals surface area contributed by atoms with Gasteiger partial charge in [0.15, 0.2) is 0 Å². The van der Waals surface area contributed by atoms with Crippen LogP contribution in [0.1, 0.15) is 16.7 Å². The van der Waals surface area contributed by atoms with E-state index in [4.69, 9.17) is 18.9 Å². The quantitative estimate of drug-likeness (QED) is 0.356. The maximum Gasteiger partial charge on any atom is 0.116 e. The minimum atomic E-state index is -0.903. The zero-order valence-corrected chi connectivity index (χ0v) is 19.0. The van der Waals surface area contributed by atoms with E-state index in [1.807, 2.05) is 91.0 Å². The Labute approximate surface area is 196 Å². The van der Waals surface area contributed by atoms with Crippen molar-refractivity contribution in [2.75, 3.05) is 13.7 Å². The second kappa shape index (κ2) is 14.2. The average molecular weight is 449 g/mol. The molecule has 0 saturated carbocycles. The molecule has 0 aliphatic rings. The lowest BCUT2D eigenvalue weighted by molar-refractivity contribution is -0.134. The maximum atomic E-state index is 11.0. The highest BCUT2D eigenvalue weighted by Crippen LogP contribution is 2.17. The topological polar surface area (TPSA) is 57.2 Å². The Hall–Kier alpha value is -2.96. The van der Waals surface area contributed by atoms with Crippen molar-refractivity contribution in [2.45, 2.75) is 38.1 Å². The first-order valence-corrected chi connectivity index (χ1v) is 11.1. The molecule has 0 spiro atoms. The van der Waals surface area contributed by atoms with E-state index < -0.39 is 18.3 Å². The van der Waals surface area contributed by atoms with Gasteiger partial charge in [-0.1, -0.05) is 91.0 Å². The summed E-state index contributed by atoms with van der Waals surface area (Å²) < 4.78 is 23.3. The van der Waals surface area contributed by atoms with Crippen LogP contribution in [0.4, 0.5) is 0 Å². The van der Waals surface area contributed by atoms with Crippen LogP contribution in [-0.4, -0.2) is 37.1 Å². The first kappa shape index (κ1) is 24.7. The van der Waals surface area contributed by atoms with E-state index in [2.05, 4.69) is 0 Å². The Kier molecular flexibility index (Phi) is 10.7. The van der Waals surface area contributed by atoms with Gasteiger partial charge in [-0.3, -0.25) is 0 Å². The molecule has 0 fully saturated rings. The van der Waals surface area contributed by atoms with Crippen LogP contribution in [0, 0.1) is 0 Å². The number of rotatable bonds is 14. The molecule has 0 amide bonds. The van der Waals surface area contributed by atoms with Crippen LogP contribution >= 0.6 is 0 Å². The van der Waals surface area contributed by atoms with E-state index in [1.54, 1.807) is 19.4 Å². The van der Waals surface area contributed by atoms with Crippen molar-refractivity contribution in [3.05, 3.63) is 120 Å². The SMILES string of the molecule is CO/C=C/[C@H](OCc1ccccc1)[C@H](OCc1ccccc1)[C@H](O)COCc1ccccc1. The van der Waals surface area contributed by atoms with Crippen LogP contribution < -0.4 is 0 Å². The summed E-state index contributed by atoms with van der Waals surface area (Å²) in [7, 11) is 1.57. The largest absolute Gasteiger partial charge is 0.505 e. The second-order valence-corrected chi connectivity index (χ2v) is 7.65. The highest BCUT2D eigenvalue weighted by Gasteiger charge is 2.29. The molecule has 0 bridgehead atoms. The number of ether oxygens (including phenoxy) is 4. The molecule has 0 saturated heterocycles. The fourth-order valence-corrected chi connectivity index (χ4v) is 3.34. The Balaban J connectivity index is 1.68. The molecule has 3 atom stereocenters. The van der Waals surface area contributed by atoms with Gasteiger partial charge in [0.2, 0.25) is 0 Å². The summed E-state index contributed by atoms with van der Waals surface area (Å²) in [6.45, 7) is 1.24. The van der Waals surface area contributed by atoms with E-state index in [-0.39, 0.29) is 6.61 Å². The molecule has 0 radical (unpaired) electrons. The Morgan fingerprint density at radius 3 is 1.70 bits per heavy atom. The van der Waals surface area contributed by atoms with Gasteiger partial charge in [-0.05, 0) is 22.8 Å². The van der Waals surface area contributed by atoms with Gasteiger partial charge in [-0.25, -0.2) is 0 Å². The van der Waals surface area contributed by atoms with Crippen molar-refractivity contribution >= 4 is 0 Å². The molecule has 5 heteroatoms. The molecule has 3 aromatic carbocycles. The lowest BCUT2D eigenvalue weighted by Gasteiger charge is -2.29. The number of aliphatic hydroxyl groups is 1. The van der Waals surface area contributed by atoms with Gasteiger partial charge >= 0.3 is 0 Å². The van der Waals surface area contributed by atoms with Gasteiger partial charge in [0, 0.05) is 0 Å². The van der Waals surface area contributed by atoms with E-state index in [1.165, 1.54) is 0 Å². The number of benzene rings is 3. The summed E-state index contributed by atoms with van der Waals surface area (Å²) in [5.41, 5.74) is 3.09. The van der Waals surface area contributed by atoms with Crippen LogP contribution in [0.5, 0.6) is 0 Å². The smallest absolute Gasteiger partial charge is 0.116 e. The molecule has 1 N–H and O–H groups in total. The van der Waals surface area contributed by atoms with Crippen LogP contribution in [-0.2, 0) is 38.8 Å². The molecule has 174 valence electrons. The summed E-state index contributed by atoms with van der Waals surface area (Å²) in [4.78, 5) is 0. The van der Waals surface area contributed by atoms with Gasteiger partial charge in [0.05, 0.1) is 39.8 Å². The number of hydrogen-bond acceptors (Lipinski definition) is 5. The Morgan fingerprint density at radius 2 is 1.18 bits per heavy atom. The monoisotopic (exact) mass is 448 g/mol. The Morgan fingerprint density at radius 1 is 0.697 bits per heavy atom. The lowest BCUT2D eigenvalue weighted by Crippen LogP contribution is -2.42. The van der Waals surface area contributed by atoms with Crippen molar-refractivity contribution in [1.29, 1.82) is 0 Å². The zero-order chi connectivity index (χ0) is 23.1. The summed E-state index contributed by atoms with van der Waals surface area (Å²) >= 11 is 0. The second-order valence-electron chi connectivity index (χ2n) is 7.65. The fraction of sp³-hybridized carbons (Fsp3) is 0.286. The van der Waals surface area contributed by atoms with Crippen LogP contribution in [0.15, 0.2) is 103 Å². The third-order valence-electron chi connectivity index (χ3n) is 5.08. The first-order valence-electron chi connectivity index (χ1n) is 11.1. The molecular weight excluding hydrogens is 416 g/mol. The lowest BCUT2D eigenvalue weighted by atomic mass is 10.1. The van der Waals surface area contributed by atoms with E-state index in [0.29, 0.717) is 19.8 Å². The van der Waals surface area contributed by atoms with Gasteiger partial charge in [0.25, 0.3) is 0 Å². The third-order valence-corrected chi connectivity index (χ3v) is 5.08. The molecule has 3 rings (SSSR count). The highest BCUT2D eigenvalue weighted by atomic mass is 16.6. The van der Waals surface area contributed by atoms with Crippen LogP contribution in [0.3, 0.4) is 0 Å². The molecule has 5 nitrogen and oxygen atoms in total.